The summed E-state index contributed by atoms with van der Waals surface area (Å²) in [5.74, 6) is -1.80. The van der Waals surface area contributed by atoms with Crippen molar-refractivity contribution in [1.29, 1.82) is 0 Å². The number of halogens is 1. The van der Waals surface area contributed by atoms with Crippen LogP contribution in [-0.4, -0.2) is 52.1 Å². The van der Waals surface area contributed by atoms with Gasteiger partial charge in [0.05, 0.1) is 16.0 Å². The van der Waals surface area contributed by atoms with Gasteiger partial charge in [0, 0.05) is 37.9 Å². The van der Waals surface area contributed by atoms with Crippen molar-refractivity contribution in [1.82, 2.24) is 9.97 Å². The van der Waals surface area contributed by atoms with E-state index in [0.717, 1.165) is 5.69 Å². The Kier molecular flexibility index (Phi) is 4.78. The number of hydrogen-bond acceptors (Lipinski definition) is 7. The highest BCUT2D eigenvalue weighted by Gasteiger charge is 2.26. The third kappa shape index (κ3) is 3.52. The maximum Gasteiger partial charge on any atom is 0.360 e. The summed E-state index contributed by atoms with van der Waals surface area (Å²) in [6.07, 6.45) is 0. The molecule has 0 spiro atoms. The van der Waals surface area contributed by atoms with E-state index in [1.54, 1.807) is 12.1 Å². The first-order valence-electron chi connectivity index (χ1n) is 9.04. The topological polar surface area (TPSA) is 133 Å². The summed E-state index contributed by atoms with van der Waals surface area (Å²) in [5.41, 5.74) is -0.429. The first-order valence-corrected chi connectivity index (χ1v) is 9.04. The fourth-order valence-corrected chi connectivity index (χ4v) is 3.51. The molecule has 0 amide bonds. The smallest absolute Gasteiger partial charge is 0.360 e. The fourth-order valence-electron chi connectivity index (χ4n) is 3.51. The van der Waals surface area contributed by atoms with Gasteiger partial charge in [-0.1, -0.05) is 0 Å². The summed E-state index contributed by atoms with van der Waals surface area (Å²) in [7, 11) is 0. The van der Waals surface area contributed by atoms with Gasteiger partial charge in [0.15, 0.2) is 0 Å². The van der Waals surface area contributed by atoms with Crippen molar-refractivity contribution in [3.05, 3.63) is 68.4 Å². The molecule has 2 heterocycles. The molecule has 154 valence electrons. The Morgan fingerprint density at radius 1 is 1.13 bits per heavy atom. The minimum Gasteiger partial charge on any atom is -0.476 e. The molecule has 1 aliphatic heterocycles. The number of carbonyl (C=O) groups is 1. The molecule has 0 bridgehead atoms. The lowest BCUT2D eigenvalue weighted by atomic mass is 10.1. The zero-order chi connectivity index (χ0) is 21.4. The van der Waals surface area contributed by atoms with Gasteiger partial charge in [-0.2, -0.15) is 0 Å². The number of hydrogen-bond donors (Lipinski definition) is 2. The zero-order valence-corrected chi connectivity index (χ0v) is 15.5. The number of nitrogens with zero attached hydrogens (tertiary/aromatic N) is 4. The number of rotatable bonds is 4. The summed E-state index contributed by atoms with van der Waals surface area (Å²) in [6.45, 7) is 2.03. The van der Waals surface area contributed by atoms with Crippen molar-refractivity contribution >= 4 is 34.1 Å². The van der Waals surface area contributed by atoms with E-state index in [4.69, 9.17) is 5.11 Å². The molecule has 2 aromatic carbocycles. The molecular formula is C19H16FN5O5. The highest BCUT2D eigenvalue weighted by atomic mass is 19.1. The van der Waals surface area contributed by atoms with E-state index >= 15 is 0 Å². The number of piperazine rings is 1. The summed E-state index contributed by atoms with van der Waals surface area (Å²) >= 11 is 0. The predicted octanol–water partition coefficient (Wildman–Crippen LogP) is 2.00. The number of fused-ring (bicyclic) bond motifs is 1. The molecule has 3 aromatic rings. The second-order valence-corrected chi connectivity index (χ2v) is 6.79. The molecule has 30 heavy (non-hydrogen) atoms. The van der Waals surface area contributed by atoms with Gasteiger partial charge in [0.2, 0.25) is 5.69 Å². The highest BCUT2D eigenvalue weighted by molar-refractivity contribution is 5.90. The molecular weight excluding hydrogens is 397 g/mol. The van der Waals surface area contributed by atoms with Crippen molar-refractivity contribution in [2.45, 2.75) is 0 Å². The van der Waals surface area contributed by atoms with Crippen molar-refractivity contribution in [2.75, 3.05) is 36.0 Å². The van der Waals surface area contributed by atoms with Crippen LogP contribution in [0.15, 0.2) is 41.2 Å². The van der Waals surface area contributed by atoms with Gasteiger partial charge in [0.1, 0.15) is 11.5 Å². The Labute approximate surface area is 168 Å². The van der Waals surface area contributed by atoms with Crippen LogP contribution < -0.4 is 15.4 Å². The lowest BCUT2D eigenvalue weighted by molar-refractivity contribution is -0.384. The molecule has 1 fully saturated rings. The fraction of sp³-hybridized carbons (Fsp3) is 0.211. The van der Waals surface area contributed by atoms with Crippen molar-refractivity contribution in [2.24, 2.45) is 0 Å². The standard InChI is InChI=1S/C19H16FN5O5/c20-11-1-3-12(4-2-11)23-5-7-24(8-6-23)15-9-13-14(10-16(15)25(29)30)22-18(26)17(21-13)19(27)28/h1-4,9-10H,5-8H2,(H,22,26)(H,27,28). The molecule has 0 radical (unpaired) electrons. The van der Waals surface area contributed by atoms with Gasteiger partial charge in [0.25, 0.3) is 11.2 Å². The Balaban J connectivity index is 1.67. The Hall–Kier alpha value is -4.02. The third-order valence-corrected chi connectivity index (χ3v) is 5.00. The van der Waals surface area contributed by atoms with Gasteiger partial charge in [-0.15, -0.1) is 0 Å². The van der Waals surface area contributed by atoms with Gasteiger partial charge < -0.3 is 19.9 Å². The first-order chi connectivity index (χ1) is 14.3. The Morgan fingerprint density at radius 2 is 1.77 bits per heavy atom. The van der Waals surface area contributed by atoms with Crippen LogP contribution in [0.4, 0.5) is 21.5 Å². The molecule has 11 heteroatoms. The summed E-state index contributed by atoms with van der Waals surface area (Å²) in [5, 5.41) is 20.7. The number of aromatic carboxylic acids is 1. The van der Waals surface area contributed by atoms with Gasteiger partial charge >= 0.3 is 5.97 Å². The average molecular weight is 413 g/mol. The van der Waals surface area contributed by atoms with Gasteiger partial charge in [-0.05, 0) is 30.3 Å². The van der Waals surface area contributed by atoms with E-state index in [1.807, 2.05) is 9.80 Å². The summed E-state index contributed by atoms with van der Waals surface area (Å²) in [6, 6.07) is 8.72. The van der Waals surface area contributed by atoms with E-state index in [1.165, 1.54) is 24.3 Å². The van der Waals surface area contributed by atoms with Crippen LogP contribution in [0.1, 0.15) is 10.5 Å². The van der Waals surface area contributed by atoms with Gasteiger partial charge in [-0.3, -0.25) is 14.9 Å². The highest BCUT2D eigenvalue weighted by Crippen LogP contribution is 2.32. The molecule has 0 saturated carbocycles. The third-order valence-electron chi connectivity index (χ3n) is 5.00. The van der Waals surface area contributed by atoms with Crippen LogP contribution in [0.25, 0.3) is 11.0 Å². The molecule has 0 atom stereocenters. The van der Waals surface area contributed by atoms with Gasteiger partial charge in [-0.25, -0.2) is 14.2 Å². The summed E-state index contributed by atoms with van der Waals surface area (Å²) < 4.78 is 13.1. The predicted molar refractivity (Wildman–Crippen MR) is 107 cm³/mol. The molecule has 10 nitrogen and oxygen atoms in total. The van der Waals surface area contributed by atoms with Crippen molar-refractivity contribution < 1.29 is 19.2 Å². The lowest BCUT2D eigenvalue weighted by Crippen LogP contribution is -2.46. The number of nitrogens with one attached hydrogen (secondary N) is 1. The van der Waals surface area contributed by atoms with Crippen LogP contribution in [0.3, 0.4) is 0 Å². The quantitative estimate of drug-likeness (QED) is 0.490. The van der Waals surface area contributed by atoms with Crippen LogP contribution in [-0.2, 0) is 0 Å². The van der Waals surface area contributed by atoms with E-state index in [0.29, 0.717) is 31.9 Å². The largest absolute Gasteiger partial charge is 0.476 e. The van der Waals surface area contributed by atoms with Crippen LogP contribution in [0.5, 0.6) is 0 Å². The molecule has 1 saturated heterocycles. The monoisotopic (exact) mass is 413 g/mol. The summed E-state index contributed by atoms with van der Waals surface area (Å²) in [4.78, 5) is 44.1. The lowest BCUT2D eigenvalue weighted by Gasteiger charge is -2.37. The molecule has 4 rings (SSSR count). The molecule has 1 aliphatic rings. The Bertz CT molecular complexity index is 1200. The van der Waals surface area contributed by atoms with Crippen LogP contribution in [0.2, 0.25) is 0 Å². The maximum absolute atomic E-state index is 13.1. The van der Waals surface area contributed by atoms with E-state index in [9.17, 15) is 24.1 Å². The normalized spacial score (nSPS) is 14.2. The average Bonchev–Trinajstić information content (AvgIpc) is 2.73. The molecule has 2 N–H and O–H groups in total. The van der Waals surface area contributed by atoms with Crippen LogP contribution in [0, 0.1) is 15.9 Å². The number of aromatic amines is 1. The number of nitro benzene ring substituents is 1. The molecule has 0 aliphatic carbocycles. The van der Waals surface area contributed by atoms with Crippen molar-refractivity contribution in [3.63, 3.8) is 0 Å². The second-order valence-electron chi connectivity index (χ2n) is 6.79. The number of carboxylic acids is 1. The number of benzene rings is 2. The van der Waals surface area contributed by atoms with E-state index < -0.39 is 22.1 Å². The molecule has 1 aromatic heterocycles. The van der Waals surface area contributed by atoms with Crippen LogP contribution >= 0.6 is 0 Å². The second kappa shape index (κ2) is 7.43. The first kappa shape index (κ1) is 19.3. The SMILES string of the molecule is O=C(O)c1nc2cc(N3CCN(c4ccc(F)cc4)CC3)c([N+](=O)[O-])cc2[nH]c1=O. The number of H-pyrrole nitrogens is 1. The number of aromatic nitrogens is 2. The minimum absolute atomic E-state index is 0.0883. The van der Waals surface area contributed by atoms with E-state index in [2.05, 4.69) is 9.97 Å². The minimum atomic E-state index is -1.48. The number of nitro groups is 1. The Morgan fingerprint density at radius 3 is 2.37 bits per heavy atom. The number of carboxylic acid groups (broad SMARTS) is 1. The zero-order valence-electron chi connectivity index (χ0n) is 15.5. The molecule has 0 unspecified atom stereocenters. The maximum atomic E-state index is 13.1. The number of anilines is 2. The van der Waals surface area contributed by atoms with Crippen molar-refractivity contribution in [3.8, 4) is 0 Å². The van der Waals surface area contributed by atoms with E-state index in [-0.39, 0.29) is 22.5 Å².